The van der Waals surface area contributed by atoms with Gasteiger partial charge in [-0.1, -0.05) is 24.3 Å². The van der Waals surface area contributed by atoms with Gasteiger partial charge >= 0.3 is 5.51 Å². The van der Waals surface area contributed by atoms with Gasteiger partial charge in [0, 0.05) is 18.3 Å². The molecule has 1 N–H and O–H groups in total. The average Bonchev–Trinajstić information content (AvgIpc) is 2.33. The molecule has 1 atom stereocenters. The van der Waals surface area contributed by atoms with Crippen LogP contribution in [-0.2, 0) is 6.42 Å². The highest BCUT2D eigenvalue weighted by molar-refractivity contribution is 8.00. The molecule has 0 heterocycles. The number of hydrogen-bond donors (Lipinski definition) is 1. The first-order valence-electron chi connectivity index (χ1n) is 6.08. The summed E-state index contributed by atoms with van der Waals surface area (Å²) in [5.74, 6) is 0.0716. The van der Waals surface area contributed by atoms with Crippen molar-refractivity contribution < 1.29 is 13.2 Å². The summed E-state index contributed by atoms with van der Waals surface area (Å²) in [6, 6.07) is 8.39. The zero-order valence-corrected chi connectivity index (χ0v) is 10.8. The van der Waals surface area contributed by atoms with Gasteiger partial charge in [0.1, 0.15) is 0 Å². The van der Waals surface area contributed by atoms with Crippen molar-refractivity contribution in [1.29, 1.82) is 0 Å². The third-order valence-electron chi connectivity index (χ3n) is 3.13. The molecule has 1 unspecified atom stereocenters. The monoisotopic (exact) mass is 275 g/mol. The van der Waals surface area contributed by atoms with E-state index in [2.05, 4.69) is 17.4 Å². The number of rotatable bonds is 4. The SMILES string of the molecule is FC(F)(F)SCCNC1CCCc2ccccc21. The van der Waals surface area contributed by atoms with E-state index in [1.807, 2.05) is 12.1 Å². The van der Waals surface area contributed by atoms with Crippen molar-refractivity contribution in [3.8, 4) is 0 Å². The van der Waals surface area contributed by atoms with Crippen LogP contribution in [0.3, 0.4) is 0 Å². The summed E-state index contributed by atoms with van der Waals surface area (Å²) in [6.45, 7) is 0.392. The van der Waals surface area contributed by atoms with Gasteiger partial charge in [-0.25, -0.2) is 0 Å². The molecule has 100 valence electrons. The minimum absolute atomic E-state index is 0.0409. The van der Waals surface area contributed by atoms with E-state index in [1.54, 1.807) is 0 Å². The average molecular weight is 275 g/mol. The second-order valence-electron chi connectivity index (χ2n) is 4.39. The fraction of sp³-hybridized carbons (Fsp3) is 0.538. The van der Waals surface area contributed by atoms with E-state index in [0.29, 0.717) is 6.54 Å². The summed E-state index contributed by atoms with van der Waals surface area (Å²) >= 11 is 0.0409. The van der Waals surface area contributed by atoms with Crippen LogP contribution in [0.2, 0.25) is 0 Å². The molecule has 18 heavy (non-hydrogen) atoms. The standard InChI is InChI=1S/C13H16F3NS/c14-13(15,16)18-9-8-17-12-7-3-5-10-4-1-2-6-11(10)12/h1-2,4,6,12,17H,3,5,7-9H2. The molecule has 2 rings (SSSR count). The van der Waals surface area contributed by atoms with Crippen molar-refractivity contribution in [1.82, 2.24) is 5.32 Å². The lowest BCUT2D eigenvalue weighted by atomic mass is 9.88. The van der Waals surface area contributed by atoms with E-state index in [9.17, 15) is 13.2 Å². The predicted octanol–water partition coefficient (Wildman–Crippen LogP) is 3.91. The minimum Gasteiger partial charge on any atom is -0.309 e. The molecule has 0 radical (unpaired) electrons. The molecule has 1 nitrogen and oxygen atoms in total. The molecule has 0 aromatic heterocycles. The summed E-state index contributed by atoms with van der Waals surface area (Å²) in [7, 11) is 0. The molecule has 0 fully saturated rings. The Hall–Kier alpha value is -0.680. The molecule has 0 aliphatic heterocycles. The number of nitrogens with one attached hydrogen (secondary N) is 1. The van der Waals surface area contributed by atoms with Crippen LogP contribution in [-0.4, -0.2) is 17.8 Å². The molecule has 1 aliphatic carbocycles. The van der Waals surface area contributed by atoms with Crippen LogP contribution in [0.15, 0.2) is 24.3 Å². The fourth-order valence-corrected chi connectivity index (χ4v) is 2.82. The largest absolute Gasteiger partial charge is 0.441 e. The lowest BCUT2D eigenvalue weighted by molar-refractivity contribution is -0.0327. The number of alkyl halides is 3. The maximum absolute atomic E-state index is 12.0. The Morgan fingerprint density at radius 2 is 2.06 bits per heavy atom. The Morgan fingerprint density at radius 1 is 1.28 bits per heavy atom. The van der Waals surface area contributed by atoms with E-state index in [0.717, 1.165) is 19.3 Å². The van der Waals surface area contributed by atoms with E-state index in [4.69, 9.17) is 0 Å². The molecule has 0 spiro atoms. The quantitative estimate of drug-likeness (QED) is 0.836. The Kier molecular flexibility index (Phi) is 4.56. The number of aryl methyl sites for hydroxylation is 1. The van der Waals surface area contributed by atoms with E-state index < -0.39 is 5.51 Å². The Bertz CT molecular complexity index is 392. The minimum atomic E-state index is -4.12. The lowest BCUT2D eigenvalue weighted by Crippen LogP contribution is -2.27. The summed E-state index contributed by atoms with van der Waals surface area (Å²) in [6.07, 6.45) is 3.18. The zero-order chi connectivity index (χ0) is 13.0. The highest BCUT2D eigenvalue weighted by Crippen LogP contribution is 2.31. The van der Waals surface area contributed by atoms with Gasteiger partial charge < -0.3 is 5.32 Å². The van der Waals surface area contributed by atoms with Crippen molar-refractivity contribution in [2.45, 2.75) is 30.8 Å². The molecular weight excluding hydrogens is 259 g/mol. The zero-order valence-electron chi connectivity index (χ0n) is 9.96. The van der Waals surface area contributed by atoms with E-state index in [1.165, 1.54) is 11.1 Å². The van der Waals surface area contributed by atoms with Crippen molar-refractivity contribution in [2.24, 2.45) is 0 Å². The summed E-state index contributed by atoms with van der Waals surface area (Å²) in [4.78, 5) is 0. The fourth-order valence-electron chi connectivity index (χ4n) is 2.37. The van der Waals surface area contributed by atoms with Gasteiger partial charge in [0.05, 0.1) is 0 Å². The van der Waals surface area contributed by atoms with Gasteiger partial charge in [0.25, 0.3) is 0 Å². The number of benzene rings is 1. The number of hydrogen-bond acceptors (Lipinski definition) is 2. The van der Waals surface area contributed by atoms with Gasteiger partial charge in [0.2, 0.25) is 0 Å². The summed E-state index contributed by atoms with van der Waals surface area (Å²) in [5, 5.41) is 3.23. The molecule has 0 saturated heterocycles. The number of fused-ring (bicyclic) bond motifs is 1. The van der Waals surface area contributed by atoms with Gasteiger partial charge in [-0.2, -0.15) is 13.2 Å². The first-order chi connectivity index (χ1) is 8.56. The molecule has 0 saturated carbocycles. The van der Waals surface area contributed by atoms with Gasteiger partial charge in [-0.05, 0) is 42.2 Å². The highest BCUT2D eigenvalue weighted by Gasteiger charge is 2.27. The first kappa shape index (κ1) is 13.7. The van der Waals surface area contributed by atoms with Crippen molar-refractivity contribution in [3.63, 3.8) is 0 Å². The molecule has 0 amide bonds. The van der Waals surface area contributed by atoms with Crippen LogP contribution < -0.4 is 5.32 Å². The van der Waals surface area contributed by atoms with Gasteiger partial charge in [0.15, 0.2) is 0 Å². The van der Waals surface area contributed by atoms with E-state index >= 15 is 0 Å². The van der Waals surface area contributed by atoms with Crippen LogP contribution in [0.5, 0.6) is 0 Å². The van der Waals surface area contributed by atoms with E-state index in [-0.39, 0.29) is 23.6 Å². The van der Waals surface area contributed by atoms with Crippen LogP contribution in [0.4, 0.5) is 13.2 Å². The molecule has 1 aliphatic rings. The Labute approximate surface area is 109 Å². The highest BCUT2D eigenvalue weighted by atomic mass is 32.2. The van der Waals surface area contributed by atoms with Crippen molar-refractivity contribution >= 4 is 11.8 Å². The van der Waals surface area contributed by atoms with Crippen LogP contribution in [0, 0.1) is 0 Å². The maximum atomic E-state index is 12.0. The predicted molar refractivity (Wildman–Crippen MR) is 68.6 cm³/mol. The number of halogens is 3. The first-order valence-corrected chi connectivity index (χ1v) is 7.07. The van der Waals surface area contributed by atoms with Gasteiger partial charge in [-0.15, -0.1) is 0 Å². The third-order valence-corrected chi connectivity index (χ3v) is 3.86. The Morgan fingerprint density at radius 3 is 2.83 bits per heavy atom. The van der Waals surface area contributed by atoms with Crippen molar-refractivity contribution in [2.75, 3.05) is 12.3 Å². The smallest absolute Gasteiger partial charge is 0.309 e. The maximum Gasteiger partial charge on any atom is 0.441 e. The molecule has 5 heteroatoms. The second kappa shape index (κ2) is 5.97. The molecular formula is C13H16F3NS. The molecule has 1 aromatic rings. The molecule has 1 aromatic carbocycles. The summed E-state index contributed by atoms with van der Waals surface area (Å²) < 4.78 is 36.0. The van der Waals surface area contributed by atoms with Crippen LogP contribution in [0.25, 0.3) is 0 Å². The second-order valence-corrected chi connectivity index (χ2v) is 5.55. The Balaban J connectivity index is 1.84. The summed E-state index contributed by atoms with van der Waals surface area (Å²) in [5.41, 5.74) is -1.54. The van der Waals surface area contributed by atoms with Crippen molar-refractivity contribution in [3.05, 3.63) is 35.4 Å². The topological polar surface area (TPSA) is 12.0 Å². The normalized spacial score (nSPS) is 19.6. The third kappa shape index (κ3) is 3.92. The molecule has 0 bridgehead atoms. The van der Waals surface area contributed by atoms with Gasteiger partial charge in [-0.3, -0.25) is 0 Å². The van der Waals surface area contributed by atoms with Crippen LogP contribution >= 0.6 is 11.8 Å². The lowest BCUT2D eigenvalue weighted by Gasteiger charge is -2.26. The van der Waals surface area contributed by atoms with Crippen LogP contribution in [0.1, 0.15) is 30.0 Å². The number of thioether (sulfide) groups is 1.